The standard InChI is InChI=1S/C14H20F3N5/c1-4-5-6-7-9(2)18-11-8-10(3)19-13-20-12(14(15,16)17)21-22(11)13/h8-9,18H,4-7H2,1-3H3. The predicted octanol–water partition coefficient (Wildman–Crippen LogP) is 3.83. The third-order valence-corrected chi connectivity index (χ3v) is 3.33. The number of aryl methyl sites for hydroxylation is 1. The van der Waals surface area contributed by atoms with Gasteiger partial charge in [-0.1, -0.05) is 26.2 Å². The monoisotopic (exact) mass is 315 g/mol. The van der Waals surface area contributed by atoms with Crippen LogP contribution in [0, 0.1) is 6.92 Å². The third kappa shape index (κ3) is 3.86. The third-order valence-electron chi connectivity index (χ3n) is 3.33. The topological polar surface area (TPSA) is 55.1 Å². The summed E-state index contributed by atoms with van der Waals surface area (Å²) >= 11 is 0. The number of aromatic nitrogens is 4. The van der Waals surface area contributed by atoms with Gasteiger partial charge in [-0.3, -0.25) is 0 Å². The summed E-state index contributed by atoms with van der Waals surface area (Å²) in [7, 11) is 0. The first kappa shape index (κ1) is 16.5. The number of hydrogen-bond donors (Lipinski definition) is 1. The van der Waals surface area contributed by atoms with Crippen LogP contribution in [0.15, 0.2) is 6.07 Å². The summed E-state index contributed by atoms with van der Waals surface area (Å²) < 4.78 is 39.3. The van der Waals surface area contributed by atoms with Crippen molar-refractivity contribution in [1.82, 2.24) is 19.6 Å². The minimum atomic E-state index is -4.58. The SMILES string of the molecule is CCCCCC(C)Nc1cc(C)nc2nc(C(F)(F)F)nn12. The molecular weight excluding hydrogens is 295 g/mol. The van der Waals surface area contributed by atoms with E-state index in [0.717, 1.165) is 30.2 Å². The fourth-order valence-corrected chi connectivity index (χ4v) is 2.23. The van der Waals surface area contributed by atoms with Gasteiger partial charge in [0.1, 0.15) is 5.82 Å². The van der Waals surface area contributed by atoms with Gasteiger partial charge in [0.15, 0.2) is 0 Å². The van der Waals surface area contributed by atoms with Crippen LogP contribution in [-0.2, 0) is 6.18 Å². The Bertz CT molecular complexity index is 635. The highest BCUT2D eigenvalue weighted by molar-refractivity contribution is 5.46. The molecule has 8 heteroatoms. The second-order valence-electron chi connectivity index (χ2n) is 5.47. The average molecular weight is 315 g/mol. The molecule has 22 heavy (non-hydrogen) atoms. The van der Waals surface area contributed by atoms with E-state index in [0.29, 0.717) is 11.5 Å². The minimum Gasteiger partial charge on any atom is -0.367 e. The van der Waals surface area contributed by atoms with Crippen molar-refractivity contribution >= 4 is 11.6 Å². The second-order valence-corrected chi connectivity index (χ2v) is 5.47. The molecule has 0 aliphatic heterocycles. The van der Waals surface area contributed by atoms with Gasteiger partial charge >= 0.3 is 6.18 Å². The van der Waals surface area contributed by atoms with E-state index < -0.39 is 12.0 Å². The van der Waals surface area contributed by atoms with Crippen LogP contribution in [0.2, 0.25) is 0 Å². The highest BCUT2D eigenvalue weighted by atomic mass is 19.4. The number of anilines is 1. The molecule has 2 aromatic rings. The van der Waals surface area contributed by atoms with E-state index in [2.05, 4.69) is 27.3 Å². The Kier molecular flexibility index (Phi) is 4.87. The largest absolute Gasteiger partial charge is 0.453 e. The van der Waals surface area contributed by atoms with Crippen LogP contribution in [0.3, 0.4) is 0 Å². The second kappa shape index (κ2) is 6.50. The number of hydrogen-bond acceptors (Lipinski definition) is 4. The number of fused-ring (bicyclic) bond motifs is 1. The van der Waals surface area contributed by atoms with Gasteiger partial charge in [0.05, 0.1) is 0 Å². The highest BCUT2D eigenvalue weighted by Crippen LogP contribution is 2.27. The molecule has 1 atom stereocenters. The number of nitrogens with one attached hydrogen (secondary N) is 1. The lowest BCUT2D eigenvalue weighted by Gasteiger charge is -2.15. The summed E-state index contributed by atoms with van der Waals surface area (Å²) in [4.78, 5) is 7.47. The predicted molar refractivity (Wildman–Crippen MR) is 77.7 cm³/mol. The summed E-state index contributed by atoms with van der Waals surface area (Å²) in [6.45, 7) is 5.84. The maximum Gasteiger partial charge on any atom is 0.453 e. The summed E-state index contributed by atoms with van der Waals surface area (Å²) in [6, 6.07) is 1.81. The summed E-state index contributed by atoms with van der Waals surface area (Å²) in [6.07, 6.45) is -0.298. The van der Waals surface area contributed by atoms with Crippen molar-refractivity contribution in [2.45, 2.75) is 58.7 Å². The van der Waals surface area contributed by atoms with Crippen LogP contribution in [0.4, 0.5) is 19.0 Å². The first-order chi connectivity index (χ1) is 10.3. The van der Waals surface area contributed by atoms with Gasteiger partial charge in [-0.25, -0.2) is 4.98 Å². The summed E-state index contributed by atoms with van der Waals surface area (Å²) in [5.41, 5.74) is 0.594. The zero-order valence-corrected chi connectivity index (χ0v) is 12.9. The molecule has 0 spiro atoms. The maximum atomic E-state index is 12.7. The van der Waals surface area contributed by atoms with Gasteiger partial charge in [0.2, 0.25) is 0 Å². The molecule has 0 saturated heterocycles. The molecule has 2 rings (SSSR count). The van der Waals surface area contributed by atoms with Gasteiger partial charge in [-0.05, 0) is 20.3 Å². The summed E-state index contributed by atoms with van der Waals surface area (Å²) in [5.74, 6) is -0.739. The molecule has 0 radical (unpaired) electrons. The Hall–Kier alpha value is -1.86. The van der Waals surface area contributed by atoms with E-state index in [9.17, 15) is 13.2 Å². The Morgan fingerprint density at radius 1 is 1.27 bits per heavy atom. The van der Waals surface area contributed by atoms with Gasteiger partial charge < -0.3 is 5.32 Å². The lowest BCUT2D eigenvalue weighted by Crippen LogP contribution is -2.18. The van der Waals surface area contributed by atoms with Gasteiger partial charge in [-0.2, -0.15) is 22.7 Å². The van der Waals surface area contributed by atoms with Crippen LogP contribution in [0.1, 0.15) is 51.0 Å². The van der Waals surface area contributed by atoms with E-state index >= 15 is 0 Å². The van der Waals surface area contributed by atoms with E-state index in [1.54, 1.807) is 13.0 Å². The maximum absolute atomic E-state index is 12.7. The smallest absolute Gasteiger partial charge is 0.367 e. The number of unbranched alkanes of at least 4 members (excludes halogenated alkanes) is 2. The molecule has 0 saturated carbocycles. The molecule has 0 bridgehead atoms. The Morgan fingerprint density at radius 2 is 2.00 bits per heavy atom. The van der Waals surface area contributed by atoms with Crippen LogP contribution in [0.25, 0.3) is 5.78 Å². The number of alkyl halides is 3. The minimum absolute atomic E-state index is 0.0458. The van der Waals surface area contributed by atoms with Crippen molar-refractivity contribution in [3.8, 4) is 0 Å². The average Bonchev–Trinajstić information content (AvgIpc) is 2.82. The van der Waals surface area contributed by atoms with Gasteiger partial charge in [-0.15, -0.1) is 5.10 Å². The van der Waals surface area contributed by atoms with E-state index in [1.807, 2.05) is 6.92 Å². The molecule has 0 aliphatic carbocycles. The molecule has 2 aromatic heterocycles. The Balaban J connectivity index is 2.26. The van der Waals surface area contributed by atoms with E-state index in [4.69, 9.17) is 0 Å². The van der Waals surface area contributed by atoms with Crippen molar-refractivity contribution < 1.29 is 13.2 Å². The molecular formula is C14H20F3N5. The normalized spacial score (nSPS) is 13.5. The molecule has 1 unspecified atom stereocenters. The van der Waals surface area contributed by atoms with Gasteiger partial charge in [0.25, 0.3) is 11.6 Å². The van der Waals surface area contributed by atoms with Crippen molar-refractivity contribution in [3.05, 3.63) is 17.6 Å². The van der Waals surface area contributed by atoms with Crippen molar-refractivity contribution in [3.63, 3.8) is 0 Å². The molecule has 0 fully saturated rings. The highest BCUT2D eigenvalue weighted by Gasteiger charge is 2.36. The number of halogens is 3. The lowest BCUT2D eigenvalue weighted by atomic mass is 10.1. The zero-order valence-electron chi connectivity index (χ0n) is 12.9. The van der Waals surface area contributed by atoms with Crippen LogP contribution >= 0.6 is 0 Å². The fourth-order valence-electron chi connectivity index (χ4n) is 2.23. The molecule has 0 aromatic carbocycles. The number of nitrogens with zero attached hydrogens (tertiary/aromatic N) is 4. The quantitative estimate of drug-likeness (QED) is 0.823. The van der Waals surface area contributed by atoms with Crippen LogP contribution in [0.5, 0.6) is 0 Å². The lowest BCUT2D eigenvalue weighted by molar-refractivity contribution is -0.144. The van der Waals surface area contributed by atoms with Crippen molar-refractivity contribution in [1.29, 1.82) is 0 Å². The molecule has 0 amide bonds. The fraction of sp³-hybridized carbons (Fsp3) is 0.643. The Morgan fingerprint density at radius 3 is 2.64 bits per heavy atom. The molecule has 0 aliphatic rings. The molecule has 122 valence electrons. The van der Waals surface area contributed by atoms with E-state index in [-0.39, 0.29) is 11.8 Å². The molecule has 1 N–H and O–H groups in total. The summed E-state index contributed by atoms with van der Waals surface area (Å²) in [5, 5.41) is 6.73. The van der Waals surface area contributed by atoms with Crippen LogP contribution < -0.4 is 5.32 Å². The zero-order chi connectivity index (χ0) is 16.3. The van der Waals surface area contributed by atoms with Crippen LogP contribution in [-0.4, -0.2) is 25.6 Å². The first-order valence-electron chi connectivity index (χ1n) is 7.39. The molecule has 2 heterocycles. The Labute approximate surface area is 127 Å². The molecule has 5 nitrogen and oxygen atoms in total. The van der Waals surface area contributed by atoms with Gasteiger partial charge in [0, 0.05) is 17.8 Å². The van der Waals surface area contributed by atoms with Crippen molar-refractivity contribution in [2.24, 2.45) is 0 Å². The number of rotatable bonds is 6. The first-order valence-corrected chi connectivity index (χ1v) is 7.39. The van der Waals surface area contributed by atoms with E-state index in [1.165, 1.54) is 0 Å². The van der Waals surface area contributed by atoms with Crippen molar-refractivity contribution in [2.75, 3.05) is 5.32 Å².